The molecule has 2 aromatic heterocycles. The summed E-state index contributed by atoms with van der Waals surface area (Å²) in [5.74, 6) is 0. The van der Waals surface area contributed by atoms with Crippen molar-refractivity contribution in [2.45, 2.75) is 26.3 Å². The molecule has 0 spiro atoms. The van der Waals surface area contributed by atoms with Crippen molar-refractivity contribution in [2.75, 3.05) is 0 Å². The molecule has 2 heterocycles. The van der Waals surface area contributed by atoms with E-state index in [1.807, 2.05) is 4.57 Å². The minimum absolute atomic E-state index is 0.697. The Morgan fingerprint density at radius 3 is 3.14 bits per heavy atom. The van der Waals surface area contributed by atoms with E-state index in [1.165, 1.54) is 0 Å². The fraction of sp³-hybridized carbons (Fsp3) is 0.444. The molecule has 4 nitrogen and oxygen atoms in total. The number of hydrogen-bond donors (Lipinski definition) is 1. The average Bonchev–Trinajstić information content (AvgIpc) is 2.66. The van der Waals surface area contributed by atoms with Gasteiger partial charge in [0.1, 0.15) is 10.2 Å². The molecule has 0 saturated carbocycles. The normalized spacial score (nSPS) is 10.9. The number of hydrogen-bond acceptors (Lipinski definition) is 3. The second kappa shape index (κ2) is 3.88. The zero-order chi connectivity index (χ0) is 9.97. The second-order valence-corrected chi connectivity index (χ2v) is 3.58. The molecule has 2 rings (SSSR count). The van der Waals surface area contributed by atoms with Crippen LogP contribution in [0, 0.1) is 4.64 Å². The topological polar surface area (TPSA) is 46.5 Å². The van der Waals surface area contributed by atoms with Gasteiger partial charge in [-0.25, -0.2) is 9.97 Å². The van der Waals surface area contributed by atoms with Crippen molar-refractivity contribution in [1.29, 1.82) is 0 Å². The van der Waals surface area contributed by atoms with Gasteiger partial charge in [-0.15, -0.1) is 0 Å². The molecule has 0 aliphatic rings. The van der Waals surface area contributed by atoms with Crippen molar-refractivity contribution in [2.24, 2.45) is 0 Å². The molecule has 0 radical (unpaired) electrons. The van der Waals surface area contributed by atoms with Crippen molar-refractivity contribution in [3.63, 3.8) is 0 Å². The van der Waals surface area contributed by atoms with E-state index in [1.54, 1.807) is 12.7 Å². The highest BCUT2D eigenvalue weighted by atomic mass is 32.1. The lowest BCUT2D eigenvalue weighted by molar-refractivity contribution is 0.617. The molecule has 0 aromatic carbocycles. The van der Waals surface area contributed by atoms with Gasteiger partial charge in [0.15, 0.2) is 5.65 Å². The maximum atomic E-state index is 5.31. The van der Waals surface area contributed by atoms with Crippen molar-refractivity contribution < 1.29 is 0 Å². The maximum Gasteiger partial charge on any atom is 0.181 e. The van der Waals surface area contributed by atoms with Gasteiger partial charge in [0.05, 0.1) is 12.7 Å². The van der Waals surface area contributed by atoms with Crippen LogP contribution in [0.3, 0.4) is 0 Å². The number of imidazole rings is 1. The van der Waals surface area contributed by atoms with Crippen LogP contribution in [-0.4, -0.2) is 19.5 Å². The number of nitrogens with one attached hydrogen (secondary N) is 1. The highest BCUT2D eigenvalue weighted by Crippen LogP contribution is 2.08. The molecular formula is C9H12N4S. The zero-order valence-electron chi connectivity index (χ0n) is 8.03. The Kier molecular flexibility index (Phi) is 2.58. The van der Waals surface area contributed by atoms with Gasteiger partial charge in [-0.3, -0.25) is 0 Å². The van der Waals surface area contributed by atoms with Gasteiger partial charge in [0.25, 0.3) is 0 Å². The van der Waals surface area contributed by atoms with Gasteiger partial charge in [-0.2, -0.15) is 0 Å². The minimum Gasteiger partial charge on any atom is -0.341 e. The summed E-state index contributed by atoms with van der Waals surface area (Å²) < 4.78 is 2.78. The fourth-order valence-corrected chi connectivity index (χ4v) is 1.64. The number of rotatable bonds is 3. The molecule has 1 N–H and O–H groups in total. The van der Waals surface area contributed by atoms with Crippen LogP contribution in [0.25, 0.3) is 11.2 Å². The third kappa shape index (κ3) is 1.55. The molecule has 0 amide bonds. The number of unbranched alkanes of at least 4 members (excludes halogenated alkanes) is 1. The van der Waals surface area contributed by atoms with E-state index in [4.69, 9.17) is 12.2 Å². The van der Waals surface area contributed by atoms with Crippen LogP contribution >= 0.6 is 12.2 Å². The lowest BCUT2D eigenvalue weighted by Crippen LogP contribution is -2.01. The molecule has 5 heteroatoms. The molecule has 0 fully saturated rings. The largest absolute Gasteiger partial charge is 0.341 e. The van der Waals surface area contributed by atoms with Crippen molar-refractivity contribution in [3.8, 4) is 0 Å². The van der Waals surface area contributed by atoms with Gasteiger partial charge in [-0.05, 0) is 6.42 Å². The SMILES string of the molecule is CCCCn1cnc2nc[nH]c2c1=S. The van der Waals surface area contributed by atoms with Crippen LogP contribution in [0.4, 0.5) is 0 Å². The maximum absolute atomic E-state index is 5.31. The Hall–Kier alpha value is -1.23. The smallest absolute Gasteiger partial charge is 0.181 e. The Morgan fingerprint density at radius 1 is 1.50 bits per heavy atom. The predicted molar refractivity (Wildman–Crippen MR) is 57.6 cm³/mol. The molecule has 0 aliphatic heterocycles. The first-order chi connectivity index (χ1) is 6.83. The molecule has 0 saturated heterocycles. The molecular weight excluding hydrogens is 196 g/mol. The first kappa shape index (κ1) is 9.33. The van der Waals surface area contributed by atoms with Crippen LogP contribution in [0.1, 0.15) is 19.8 Å². The Morgan fingerprint density at radius 2 is 2.36 bits per heavy atom. The van der Waals surface area contributed by atoms with Crippen LogP contribution < -0.4 is 0 Å². The first-order valence-electron chi connectivity index (χ1n) is 4.71. The summed E-state index contributed by atoms with van der Waals surface area (Å²) in [4.78, 5) is 11.3. The van der Waals surface area contributed by atoms with E-state index in [2.05, 4.69) is 21.9 Å². The number of aromatic amines is 1. The van der Waals surface area contributed by atoms with Crippen molar-refractivity contribution in [1.82, 2.24) is 19.5 Å². The summed E-state index contributed by atoms with van der Waals surface area (Å²) in [6.07, 6.45) is 5.66. The minimum atomic E-state index is 0.697. The zero-order valence-corrected chi connectivity index (χ0v) is 8.84. The van der Waals surface area contributed by atoms with Gasteiger partial charge < -0.3 is 9.55 Å². The van der Waals surface area contributed by atoms with Crippen molar-refractivity contribution >= 4 is 23.4 Å². The monoisotopic (exact) mass is 208 g/mol. The fourth-order valence-electron chi connectivity index (χ4n) is 1.35. The summed E-state index contributed by atoms with van der Waals surface area (Å²) in [6.45, 7) is 3.09. The van der Waals surface area contributed by atoms with Gasteiger partial charge in [0.2, 0.25) is 0 Å². The molecule has 0 aliphatic carbocycles. The van der Waals surface area contributed by atoms with Gasteiger partial charge in [0, 0.05) is 6.54 Å². The van der Waals surface area contributed by atoms with E-state index in [0.717, 1.165) is 29.5 Å². The summed E-state index contributed by atoms with van der Waals surface area (Å²) in [7, 11) is 0. The van der Waals surface area contributed by atoms with Crippen molar-refractivity contribution in [3.05, 3.63) is 17.3 Å². The standard InChI is InChI=1S/C9H12N4S/c1-2-3-4-13-6-12-8-7(9(13)14)10-5-11-8/h5-6H,2-4H2,1H3,(H,10,11). The predicted octanol–water partition coefficient (Wildman–Crippen LogP) is 2.29. The summed E-state index contributed by atoms with van der Waals surface area (Å²) in [5, 5.41) is 0. The summed E-state index contributed by atoms with van der Waals surface area (Å²) in [6, 6.07) is 0. The lowest BCUT2D eigenvalue weighted by atomic mass is 10.3. The first-order valence-corrected chi connectivity index (χ1v) is 5.12. The summed E-state index contributed by atoms with van der Waals surface area (Å²) in [5.41, 5.74) is 1.56. The molecule has 74 valence electrons. The Balaban J connectivity index is 2.46. The quantitative estimate of drug-likeness (QED) is 0.787. The average molecular weight is 208 g/mol. The number of nitrogens with zero attached hydrogens (tertiary/aromatic N) is 3. The molecule has 0 bridgehead atoms. The van der Waals surface area contributed by atoms with E-state index < -0.39 is 0 Å². The molecule has 2 aromatic rings. The molecule has 14 heavy (non-hydrogen) atoms. The van der Waals surface area contributed by atoms with Crippen LogP contribution in [0.5, 0.6) is 0 Å². The highest BCUT2D eigenvalue weighted by molar-refractivity contribution is 7.71. The number of H-pyrrole nitrogens is 1. The van der Waals surface area contributed by atoms with Gasteiger partial charge in [-0.1, -0.05) is 25.6 Å². The molecule has 0 atom stereocenters. The van der Waals surface area contributed by atoms with E-state index >= 15 is 0 Å². The van der Waals surface area contributed by atoms with Crippen LogP contribution in [-0.2, 0) is 6.54 Å². The highest BCUT2D eigenvalue weighted by Gasteiger charge is 2.01. The lowest BCUT2D eigenvalue weighted by Gasteiger charge is -2.04. The Bertz CT molecular complexity index is 485. The number of aromatic nitrogens is 4. The third-order valence-corrected chi connectivity index (χ3v) is 2.60. The van der Waals surface area contributed by atoms with E-state index in [0.29, 0.717) is 5.65 Å². The number of aryl methyl sites for hydroxylation is 1. The Labute approximate surface area is 87.0 Å². The number of fused-ring (bicyclic) bond motifs is 1. The summed E-state index contributed by atoms with van der Waals surface area (Å²) >= 11 is 5.31. The third-order valence-electron chi connectivity index (χ3n) is 2.17. The molecule has 0 unspecified atom stereocenters. The van der Waals surface area contributed by atoms with Crippen LogP contribution in [0.15, 0.2) is 12.7 Å². The van der Waals surface area contributed by atoms with E-state index in [9.17, 15) is 0 Å². The van der Waals surface area contributed by atoms with Crippen LogP contribution in [0.2, 0.25) is 0 Å². The second-order valence-electron chi connectivity index (χ2n) is 3.20. The van der Waals surface area contributed by atoms with Gasteiger partial charge >= 0.3 is 0 Å². The van der Waals surface area contributed by atoms with E-state index in [-0.39, 0.29) is 0 Å².